The fourth-order valence-corrected chi connectivity index (χ4v) is 4.84. The van der Waals surface area contributed by atoms with E-state index in [2.05, 4.69) is 4.18 Å². The average molecular weight is 625 g/mol. The Kier molecular flexibility index (Phi) is 10.1. The van der Waals surface area contributed by atoms with Crippen molar-refractivity contribution >= 4 is 22.1 Å². The molecule has 0 N–H and O–H groups in total. The highest BCUT2D eigenvalue weighted by Gasteiger charge is 2.49. The molecule has 3 aromatic carbocycles. The summed E-state index contributed by atoms with van der Waals surface area (Å²) in [5.41, 5.74) is -3.86. The number of methoxy groups -OCH3 is 1. The Bertz CT molecular complexity index is 1620. The van der Waals surface area contributed by atoms with Gasteiger partial charge in [-0.1, -0.05) is 30.3 Å². The number of carbonyl (C=O) groups excluding carboxylic acids is 2. The number of aryl methyl sites for hydroxylation is 1. The number of rotatable bonds is 10. The lowest BCUT2D eigenvalue weighted by Crippen LogP contribution is -2.29. The number of ether oxygens (including phenoxy) is 4. The Morgan fingerprint density at radius 3 is 1.91 bits per heavy atom. The first-order valence-corrected chi connectivity index (χ1v) is 14.2. The van der Waals surface area contributed by atoms with Gasteiger partial charge >= 0.3 is 27.6 Å². The summed E-state index contributed by atoms with van der Waals surface area (Å²) in [5.74, 6) is -2.68. The number of halogens is 3. The van der Waals surface area contributed by atoms with Crippen LogP contribution in [0.2, 0.25) is 0 Å². The summed E-state index contributed by atoms with van der Waals surface area (Å²) in [7, 11) is -4.82. The van der Waals surface area contributed by atoms with E-state index >= 15 is 0 Å². The van der Waals surface area contributed by atoms with Crippen LogP contribution < -0.4 is 13.7 Å². The molecule has 0 radical (unpaired) electrons. The van der Waals surface area contributed by atoms with E-state index in [1.807, 2.05) is 0 Å². The van der Waals surface area contributed by atoms with E-state index in [1.165, 1.54) is 27.0 Å². The summed E-state index contributed by atoms with van der Waals surface area (Å²) in [6.07, 6.45) is 0. The van der Waals surface area contributed by atoms with Crippen molar-refractivity contribution in [1.82, 2.24) is 0 Å². The van der Waals surface area contributed by atoms with E-state index in [0.717, 1.165) is 5.56 Å². The second kappa shape index (κ2) is 13.0. The molecule has 13 heteroatoms. The van der Waals surface area contributed by atoms with Gasteiger partial charge in [-0.05, 0) is 81.0 Å². The van der Waals surface area contributed by atoms with Crippen LogP contribution in [0, 0.1) is 41.5 Å². The van der Waals surface area contributed by atoms with Crippen molar-refractivity contribution in [2.75, 3.05) is 13.9 Å². The minimum Gasteiger partial charge on any atom is -0.488 e. The van der Waals surface area contributed by atoms with Crippen molar-refractivity contribution in [3.05, 3.63) is 86.5 Å². The minimum atomic E-state index is -6.18. The van der Waals surface area contributed by atoms with Crippen molar-refractivity contribution in [3.8, 4) is 17.2 Å². The molecular formula is C30H31F3O9S. The Labute approximate surface area is 247 Å². The molecule has 0 saturated carbocycles. The second-order valence-corrected chi connectivity index (χ2v) is 11.2. The molecule has 0 bridgehead atoms. The lowest BCUT2D eigenvalue weighted by atomic mass is 9.93. The SMILES string of the molecule is COCOC(=O)c1c(C)c(C)c(OC(=O)c2c(C)cc(OCc3ccccc3)c(C)c2OS(=O)(=O)C(F)(F)F)c(C)c1C. The van der Waals surface area contributed by atoms with Crippen LogP contribution in [0.15, 0.2) is 36.4 Å². The predicted molar refractivity (Wildman–Crippen MR) is 150 cm³/mol. The number of esters is 2. The standard InChI is InChI=1S/C30H31F3O9S/c1-16-13-23(39-14-22-11-9-8-10-12-22)21(6)27(42-43(36,37)30(31,32)33)24(16)29(35)41-26-19(4)17(2)25(18(3)20(26)5)28(34)40-15-38-7/h8-13H,14-15H2,1-7H3. The molecule has 0 fully saturated rings. The molecule has 3 aromatic rings. The molecule has 3 rings (SSSR count). The van der Waals surface area contributed by atoms with E-state index in [0.29, 0.717) is 22.3 Å². The van der Waals surface area contributed by atoms with Gasteiger partial charge in [0.1, 0.15) is 23.7 Å². The first kappa shape index (κ1) is 33.4. The number of carbonyl (C=O) groups is 2. The number of hydrogen-bond donors (Lipinski definition) is 0. The lowest BCUT2D eigenvalue weighted by Gasteiger charge is -2.21. The highest BCUT2D eigenvalue weighted by atomic mass is 32.2. The summed E-state index contributed by atoms with van der Waals surface area (Å²) in [4.78, 5) is 26.2. The van der Waals surface area contributed by atoms with Crippen LogP contribution in [-0.2, 0) is 26.2 Å². The monoisotopic (exact) mass is 624 g/mol. The molecule has 0 aliphatic rings. The summed E-state index contributed by atoms with van der Waals surface area (Å²) < 4.78 is 90.1. The Morgan fingerprint density at radius 2 is 1.37 bits per heavy atom. The van der Waals surface area contributed by atoms with Crippen LogP contribution in [-0.4, -0.2) is 39.8 Å². The lowest BCUT2D eigenvalue weighted by molar-refractivity contribution is -0.0500. The number of hydrogen-bond acceptors (Lipinski definition) is 9. The maximum absolute atomic E-state index is 13.6. The zero-order chi connectivity index (χ0) is 32.3. The van der Waals surface area contributed by atoms with Crippen molar-refractivity contribution < 1.29 is 54.3 Å². The molecule has 0 spiro atoms. The molecule has 0 heterocycles. The molecule has 0 unspecified atom stereocenters. The maximum Gasteiger partial charge on any atom is 0.534 e. The quantitative estimate of drug-likeness (QED) is 0.0840. The van der Waals surface area contributed by atoms with E-state index in [1.54, 1.807) is 58.0 Å². The van der Waals surface area contributed by atoms with E-state index in [9.17, 15) is 31.2 Å². The highest BCUT2D eigenvalue weighted by Crippen LogP contribution is 2.40. The molecule has 232 valence electrons. The van der Waals surface area contributed by atoms with Crippen LogP contribution in [0.5, 0.6) is 17.2 Å². The Morgan fingerprint density at radius 1 is 0.791 bits per heavy atom. The molecule has 9 nitrogen and oxygen atoms in total. The van der Waals surface area contributed by atoms with Gasteiger partial charge in [0.05, 0.1) is 5.56 Å². The van der Waals surface area contributed by atoms with Crippen LogP contribution in [0.4, 0.5) is 13.2 Å². The summed E-state index contributed by atoms with van der Waals surface area (Å²) >= 11 is 0. The van der Waals surface area contributed by atoms with Crippen LogP contribution in [0.1, 0.15) is 59.7 Å². The van der Waals surface area contributed by atoms with E-state index in [-0.39, 0.29) is 41.6 Å². The predicted octanol–water partition coefficient (Wildman–Crippen LogP) is 6.32. The van der Waals surface area contributed by atoms with Crippen molar-refractivity contribution in [2.45, 2.75) is 53.7 Å². The summed E-state index contributed by atoms with van der Waals surface area (Å²) in [6, 6.07) is 10.2. The fraction of sp³-hybridized carbons (Fsp3) is 0.333. The Balaban J connectivity index is 2.12. The maximum atomic E-state index is 13.6. The third-order valence-electron chi connectivity index (χ3n) is 6.86. The zero-order valence-corrected chi connectivity index (χ0v) is 25.4. The topological polar surface area (TPSA) is 114 Å². The third kappa shape index (κ3) is 7.11. The minimum absolute atomic E-state index is 0.00301. The van der Waals surface area contributed by atoms with Gasteiger partial charge in [0, 0.05) is 12.7 Å². The molecular weight excluding hydrogens is 593 g/mol. The van der Waals surface area contributed by atoms with Crippen molar-refractivity contribution in [1.29, 1.82) is 0 Å². The van der Waals surface area contributed by atoms with Gasteiger partial charge in [-0.3, -0.25) is 0 Å². The van der Waals surface area contributed by atoms with E-state index in [4.69, 9.17) is 18.9 Å². The first-order chi connectivity index (χ1) is 20.0. The van der Waals surface area contributed by atoms with E-state index < -0.39 is 38.9 Å². The number of alkyl halides is 3. The van der Waals surface area contributed by atoms with Gasteiger partial charge in [0.15, 0.2) is 12.5 Å². The fourth-order valence-electron chi connectivity index (χ4n) is 4.32. The third-order valence-corrected chi connectivity index (χ3v) is 7.81. The van der Waals surface area contributed by atoms with Gasteiger partial charge in [0.2, 0.25) is 0 Å². The van der Waals surface area contributed by atoms with Crippen LogP contribution in [0.25, 0.3) is 0 Å². The van der Waals surface area contributed by atoms with Gasteiger partial charge in [-0.2, -0.15) is 21.6 Å². The highest BCUT2D eigenvalue weighted by molar-refractivity contribution is 7.88. The van der Waals surface area contributed by atoms with Crippen molar-refractivity contribution in [3.63, 3.8) is 0 Å². The number of benzene rings is 3. The van der Waals surface area contributed by atoms with Gasteiger partial charge in [0.25, 0.3) is 0 Å². The second-order valence-electron chi connectivity index (χ2n) is 9.71. The molecule has 43 heavy (non-hydrogen) atoms. The zero-order valence-electron chi connectivity index (χ0n) is 24.6. The van der Waals surface area contributed by atoms with Gasteiger partial charge in [-0.25, -0.2) is 9.59 Å². The smallest absolute Gasteiger partial charge is 0.488 e. The largest absolute Gasteiger partial charge is 0.534 e. The molecule has 0 aliphatic heterocycles. The van der Waals surface area contributed by atoms with Crippen LogP contribution >= 0.6 is 0 Å². The molecule has 0 atom stereocenters. The van der Waals surface area contributed by atoms with Gasteiger partial charge < -0.3 is 23.1 Å². The summed E-state index contributed by atoms with van der Waals surface area (Å²) in [6.45, 7) is 8.77. The first-order valence-electron chi connectivity index (χ1n) is 12.8. The van der Waals surface area contributed by atoms with Crippen LogP contribution in [0.3, 0.4) is 0 Å². The normalized spacial score (nSPS) is 11.7. The Hall–Kier alpha value is -4.10. The molecule has 0 saturated heterocycles. The van der Waals surface area contributed by atoms with Gasteiger partial charge in [-0.15, -0.1) is 0 Å². The summed E-state index contributed by atoms with van der Waals surface area (Å²) in [5, 5.41) is 0. The van der Waals surface area contributed by atoms with Crippen molar-refractivity contribution in [2.24, 2.45) is 0 Å². The average Bonchev–Trinajstić information content (AvgIpc) is 2.94. The molecule has 0 aromatic heterocycles. The molecule has 0 amide bonds. The molecule has 0 aliphatic carbocycles.